The van der Waals surface area contributed by atoms with Gasteiger partial charge in [0.25, 0.3) is 0 Å². The maximum absolute atomic E-state index is 10.8. The molecule has 0 atom stereocenters. The SMILES string of the molecule is COC(=O)[Se]c1ccccc1. The Hall–Kier alpha value is -0.791. The van der Waals surface area contributed by atoms with Crippen molar-refractivity contribution in [2.24, 2.45) is 0 Å². The van der Waals surface area contributed by atoms with Crippen LogP contribution in [-0.2, 0) is 4.74 Å². The second-order valence-electron chi connectivity index (χ2n) is 1.87. The average molecular weight is 215 g/mol. The Bertz CT molecular complexity index is 233. The fourth-order valence-corrected chi connectivity index (χ4v) is 1.82. The molecular weight excluding hydrogens is 207 g/mol. The molecule has 0 fully saturated rings. The van der Waals surface area contributed by atoms with Crippen LogP contribution in [0, 0.1) is 0 Å². The molecule has 0 aromatic heterocycles. The molecule has 3 heteroatoms. The van der Waals surface area contributed by atoms with Gasteiger partial charge in [-0.25, -0.2) is 0 Å². The van der Waals surface area contributed by atoms with Gasteiger partial charge in [-0.2, -0.15) is 0 Å². The molecule has 0 heterocycles. The van der Waals surface area contributed by atoms with Crippen LogP contribution in [-0.4, -0.2) is 26.9 Å². The molecule has 2 nitrogen and oxygen atoms in total. The molecule has 0 saturated heterocycles. The number of rotatable bonds is 2. The molecule has 1 aromatic rings. The molecule has 58 valence electrons. The number of ether oxygens (including phenoxy) is 1. The molecule has 0 radical (unpaired) electrons. The first kappa shape index (κ1) is 8.31. The van der Waals surface area contributed by atoms with E-state index < -0.39 is 0 Å². The summed E-state index contributed by atoms with van der Waals surface area (Å²) in [6, 6.07) is 9.62. The summed E-state index contributed by atoms with van der Waals surface area (Å²) in [6.45, 7) is 0. The normalized spacial score (nSPS) is 9.18. The fraction of sp³-hybridized carbons (Fsp3) is 0.125. The van der Waals surface area contributed by atoms with Gasteiger partial charge in [-0.05, 0) is 0 Å². The summed E-state index contributed by atoms with van der Waals surface area (Å²) in [7, 11) is 1.41. The van der Waals surface area contributed by atoms with E-state index in [2.05, 4.69) is 4.74 Å². The van der Waals surface area contributed by atoms with Crippen LogP contribution < -0.4 is 4.46 Å². The Morgan fingerprint density at radius 3 is 2.55 bits per heavy atom. The Morgan fingerprint density at radius 2 is 2.00 bits per heavy atom. The van der Waals surface area contributed by atoms with Crippen LogP contribution in [0.25, 0.3) is 0 Å². The van der Waals surface area contributed by atoms with Crippen molar-refractivity contribution in [1.82, 2.24) is 0 Å². The number of methoxy groups -OCH3 is 1. The number of hydrogen-bond acceptors (Lipinski definition) is 2. The van der Waals surface area contributed by atoms with Crippen LogP contribution in [0.2, 0.25) is 0 Å². The van der Waals surface area contributed by atoms with Crippen molar-refractivity contribution in [1.29, 1.82) is 0 Å². The van der Waals surface area contributed by atoms with Crippen LogP contribution in [0.4, 0.5) is 4.79 Å². The van der Waals surface area contributed by atoms with E-state index in [0.717, 1.165) is 4.46 Å². The van der Waals surface area contributed by atoms with Gasteiger partial charge in [-0.1, -0.05) is 0 Å². The van der Waals surface area contributed by atoms with Gasteiger partial charge in [0.15, 0.2) is 0 Å². The van der Waals surface area contributed by atoms with Crippen molar-refractivity contribution in [2.45, 2.75) is 0 Å². The second kappa shape index (κ2) is 4.16. The first-order chi connectivity index (χ1) is 5.33. The molecule has 0 N–H and O–H groups in total. The molecule has 0 aliphatic heterocycles. The van der Waals surface area contributed by atoms with Gasteiger partial charge in [-0.3, -0.25) is 0 Å². The average Bonchev–Trinajstić information content (AvgIpc) is 2.06. The zero-order valence-electron chi connectivity index (χ0n) is 6.11. The van der Waals surface area contributed by atoms with Crippen molar-refractivity contribution >= 4 is 24.3 Å². The van der Waals surface area contributed by atoms with Crippen molar-refractivity contribution < 1.29 is 9.53 Å². The Balaban J connectivity index is 2.58. The molecule has 0 saturated carbocycles. The maximum atomic E-state index is 10.8. The summed E-state index contributed by atoms with van der Waals surface area (Å²) >= 11 is -0.185. The number of carbonyl (C=O) groups is 1. The van der Waals surface area contributed by atoms with E-state index >= 15 is 0 Å². The van der Waals surface area contributed by atoms with E-state index in [1.54, 1.807) is 0 Å². The number of hydrogen-bond donors (Lipinski definition) is 0. The summed E-state index contributed by atoms with van der Waals surface area (Å²) in [4.78, 5) is 10.7. The van der Waals surface area contributed by atoms with Gasteiger partial charge >= 0.3 is 71.3 Å². The summed E-state index contributed by atoms with van der Waals surface area (Å²) in [5.41, 5.74) is 0. The van der Waals surface area contributed by atoms with Crippen molar-refractivity contribution in [2.75, 3.05) is 7.11 Å². The van der Waals surface area contributed by atoms with E-state index in [4.69, 9.17) is 0 Å². The fourth-order valence-electron chi connectivity index (χ4n) is 0.626. The van der Waals surface area contributed by atoms with Crippen molar-refractivity contribution in [3.63, 3.8) is 0 Å². The van der Waals surface area contributed by atoms with E-state index in [-0.39, 0.29) is 19.8 Å². The molecule has 1 rings (SSSR count). The standard InChI is InChI=1S/C8H8O2Se/c1-10-8(9)11-7-5-3-2-4-6-7/h2-6H,1H3. The molecule has 0 unspecified atom stereocenters. The minimum absolute atomic E-state index is 0.135. The van der Waals surface area contributed by atoms with E-state index in [9.17, 15) is 4.79 Å². The molecule has 0 bridgehead atoms. The number of carbonyl (C=O) groups excluding carboxylic acids is 1. The molecule has 1 aromatic carbocycles. The number of benzene rings is 1. The second-order valence-corrected chi connectivity index (χ2v) is 3.99. The molecule has 11 heavy (non-hydrogen) atoms. The zero-order chi connectivity index (χ0) is 8.10. The van der Waals surface area contributed by atoms with E-state index in [1.165, 1.54) is 7.11 Å². The van der Waals surface area contributed by atoms with Crippen molar-refractivity contribution in [3.05, 3.63) is 30.3 Å². The van der Waals surface area contributed by atoms with Crippen LogP contribution in [0.3, 0.4) is 0 Å². The molecule has 0 spiro atoms. The van der Waals surface area contributed by atoms with Gasteiger partial charge < -0.3 is 0 Å². The third-order valence-corrected chi connectivity index (χ3v) is 2.88. The van der Waals surface area contributed by atoms with Gasteiger partial charge in [-0.15, -0.1) is 0 Å². The summed E-state index contributed by atoms with van der Waals surface area (Å²) < 4.78 is 5.59. The van der Waals surface area contributed by atoms with Crippen LogP contribution in [0.1, 0.15) is 0 Å². The van der Waals surface area contributed by atoms with E-state index in [1.807, 2.05) is 30.3 Å². The van der Waals surface area contributed by atoms with Crippen molar-refractivity contribution in [3.8, 4) is 0 Å². The van der Waals surface area contributed by atoms with Gasteiger partial charge in [0, 0.05) is 0 Å². The molecular formula is C8H8O2Se. The summed E-state index contributed by atoms with van der Waals surface area (Å²) in [5, 5.41) is 0. The Labute approximate surface area is 71.7 Å². The molecule has 0 aliphatic carbocycles. The predicted octanol–water partition coefficient (Wildman–Crippen LogP) is 0.783. The van der Waals surface area contributed by atoms with Crippen LogP contribution >= 0.6 is 0 Å². The Morgan fingerprint density at radius 1 is 1.36 bits per heavy atom. The molecule has 0 amide bonds. The topological polar surface area (TPSA) is 26.3 Å². The Kier molecular flexibility index (Phi) is 3.14. The minimum atomic E-state index is -0.185. The van der Waals surface area contributed by atoms with Gasteiger partial charge in [0.2, 0.25) is 0 Å². The van der Waals surface area contributed by atoms with Gasteiger partial charge in [0.05, 0.1) is 0 Å². The molecule has 0 aliphatic rings. The van der Waals surface area contributed by atoms with E-state index in [0.29, 0.717) is 0 Å². The first-order valence-electron chi connectivity index (χ1n) is 3.14. The summed E-state index contributed by atoms with van der Waals surface area (Å²) in [5.74, 6) is 0. The van der Waals surface area contributed by atoms with Crippen LogP contribution in [0.5, 0.6) is 0 Å². The predicted molar refractivity (Wildman–Crippen MR) is 44.2 cm³/mol. The monoisotopic (exact) mass is 216 g/mol. The third-order valence-electron chi connectivity index (χ3n) is 1.11. The van der Waals surface area contributed by atoms with Crippen LogP contribution in [0.15, 0.2) is 30.3 Å². The third kappa shape index (κ3) is 2.74. The summed E-state index contributed by atoms with van der Waals surface area (Å²) in [6.07, 6.45) is 0. The quantitative estimate of drug-likeness (QED) is 0.681. The van der Waals surface area contributed by atoms with Gasteiger partial charge in [0.1, 0.15) is 0 Å². The zero-order valence-corrected chi connectivity index (χ0v) is 7.82. The first-order valence-corrected chi connectivity index (χ1v) is 4.85.